The van der Waals surface area contributed by atoms with Crippen molar-refractivity contribution in [1.82, 2.24) is 10.6 Å². The van der Waals surface area contributed by atoms with Gasteiger partial charge in [0.2, 0.25) is 5.91 Å². The zero-order valence-corrected chi connectivity index (χ0v) is 18.3. The summed E-state index contributed by atoms with van der Waals surface area (Å²) in [5.74, 6) is 0.349. The van der Waals surface area contributed by atoms with Crippen LogP contribution >= 0.6 is 24.0 Å². The minimum absolute atomic E-state index is 0. The number of amides is 1. The SMILES string of the molecule is CCC(CNC(=NC)NCc1ccc(C(N)=O)cc1)Oc1cccc(F)c1.I. The largest absolute Gasteiger partial charge is 0.489 e. The molecule has 1 amide bonds. The second kappa shape index (κ2) is 12.2. The Labute approximate surface area is 181 Å². The van der Waals surface area contributed by atoms with Gasteiger partial charge in [0.15, 0.2) is 5.96 Å². The Kier molecular flexibility index (Phi) is 10.3. The number of carbonyl (C=O) groups excluding carboxylic acids is 1. The Morgan fingerprint density at radius 3 is 2.50 bits per heavy atom. The smallest absolute Gasteiger partial charge is 0.248 e. The van der Waals surface area contributed by atoms with E-state index in [1.54, 1.807) is 31.3 Å². The highest BCUT2D eigenvalue weighted by Gasteiger charge is 2.10. The molecular weight excluding hydrogens is 474 g/mol. The van der Waals surface area contributed by atoms with Crippen molar-refractivity contribution < 1.29 is 13.9 Å². The second-order valence-electron chi connectivity index (χ2n) is 5.97. The summed E-state index contributed by atoms with van der Waals surface area (Å²) in [6.07, 6.45) is 0.634. The molecule has 2 aromatic carbocycles. The fraction of sp³-hybridized carbons (Fsp3) is 0.300. The maximum Gasteiger partial charge on any atom is 0.248 e. The highest BCUT2D eigenvalue weighted by molar-refractivity contribution is 14.0. The fourth-order valence-electron chi connectivity index (χ4n) is 2.41. The van der Waals surface area contributed by atoms with E-state index in [1.807, 2.05) is 19.1 Å². The first kappa shape index (κ1) is 23.7. The fourth-order valence-corrected chi connectivity index (χ4v) is 2.41. The molecule has 6 nitrogen and oxygen atoms in total. The van der Waals surface area contributed by atoms with Crippen molar-refractivity contribution in [2.45, 2.75) is 26.0 Å². The number of hydrogen-bond donors (Lipinski definition) is 3. The molecule has 1 unspecified atom stereocenters. The normalized spacial score (nSPS) is 11.9. The average Bonchev–Trinajstić information content (AvgIpc) is 2.67. The van der Waals surface area contributed by atoms with Crippen molar-refractivity contribution in [3.63, 3.8) is 0 Å². The van der Waals surface area contributed by atoms with Gasteiger partial charge in [-0.05, 0) is 36.2 Å². The number of nitrogens with one attached hydrogen (secondary N) is 2. The number of ether oxygens (including phenoxy) is 1. The zero-order valence-electron chi connectivity index (χ0n) is 15.9. The van der Waals surface area contributed by atoms with Gasteiger partial charge in [-0.3, -0.25) is 9.79 Å². The van der Waals surface area contributed by atoms with Crippen molar-refractivity contribution >= 4 is 35.8 Å². The van der Waals surface area contributed by atoms with E-state index in [-0.39, 0.29) is 35.9 Å². The van der Waals surface area contributed by atoms with Crippen LogP contribution in [0.5, 0.6) is 5.75 Å². The van der Waals surface area contributed by atoms with Gasteiger partial charge in [-0.2, -0.15) is 0 Å². The third-order valence-corrected chi connectivity index (χ3v) is 3.97. The molecule has 0 saturated heterocycles. The number of benzene rings is 2. The Balaban J connectivity index is 0.00000392. The van der Waals surface area contributed by atoms with Crippen LogP contribution in [0.4, 0.5) is 4.39 Å². The molecule has 0 aliphatic carbocycles. The lowest BCUT2D eigenvalue weighted by atomic mass is 10.1. The first-order chi connectivity index (χ1) is 13.0. The number of aliphatic imine (C=N–C) groups is 1. The molecule has 2 aromatic rings. The van der Waals surface area contributed by atoms with Crippen LogP contribution < -0.4 is 21.1 Å². The van der Waals surface area contributed by atoms with Gasteiger partial charge < -0.3 is 21.1 Å². The van der Waals surface area contributed by atoms with Gasteiger partial charge in [-0.15, -0.1) is 24.0 Å². The van der Waals surface area contributed by atoms with Crippen LogP contribution in [-0.4, -0.2) is 31.6 Å². The van der Waals surface area contributed by atoms with E-state index in [4.69, 9.17) is 10.5 Å². The summed E-state index contributed by atoms with van der Waals surface area (Å²) in [6.45, 7) is 3.07. The maximum absolute atomic E-state index is 13.3. The molecule has 1 atom stereocenters. The van der Waals surface area contributed by atoms with E-state index in [0.717, 1.165) is 12.0 Å². The van der Waals surface area contributed by atoms with E-state index >= 15 is 0 Å². The van der Waals surface area contributed by atoms with Gasteiger partial charge in [-0.25, -0.2) is 4.39 Å². The Bertz CT molecular complexity index is 784. The van der Waals surface area contributed by atoms with Gasteiger partial charge in [0.1, 0.15) is 17.7 Å². The Morgan fingerprint density at radius 1 is 1.21 bits per heavy atom. The molecule has 0 radical (unpaired) electrons. The van der Waals surface area contributed by atoms with Crippen LogP contribution in [0.25, 0.3) is 0 Å². The summed E-state index contributed by atoms with van der Waals surface area (Å²) >= 11 is 0. The van der Waals surface area contributed by atoms with Crippen molar-refractivity contribution in [1.29, 1.82) is 0 Å². The number of primary amides is 1. The topological polar surface area (TPSA) is 88.7 Å². The lowest BCUT2D eigenvalue weighted by molar-refractivity contribution is 0.100. The molecule has 0 fully saturated rings. The molecule has 0 saturated carbocycles. The molecule has 8 heteroatoms. The van der Waals surface area contributed by atoms with Crippen LogP contribution in [0.3, 0.4) is 0 Å². The van der Waals surface area contributed by atoms with Crippen LogP contribution in [0.15, 0.2) is 53.5 Å². The lowest BCUT2D eigenvalue weighted by Gasteiger charge is -2.20. The van der Waals surface area contributed by atoms with E-state index in [1.165, 1.54) is 12.1 Å². The van der Waals surface area contributed by atoms with Crippen molar-refractivity contribution in [2.24, 2.45) is 10.7 Å². The number of nitrogens with zero attached hydrogens (tertiary/aromatic N) is 1. The highest BCUT2D eigenvalue weighted by Crippen LogP contribution is 2.14. The van der Waals surface area contributed by atoms with Gasteiger partial charge in [-0.1, -0.05) is 25.1 Å². The standard InChI is InChI=1S/C20H25FN4O2.HI/c1-3-17(27-18-6-4-5-16(21)11-18)13-25-20(23-2)24-12-14-7-9-15(10-8-14)19(22)26;/h4-11,17H,3,12-13H2,1-2H3,(H2,22,26)(H2,23,24,25);1H. The molecule has 0 aromatic heterocycles. The van der Waals surface area contributed by atoms with Crippen LogP contribution in [0, 0.1) is 5.82 Å². The van der Waals surface area contributed by atoms with Gasteiger partial charge >= 0.3 is 0 Å². The number of halogens is 2. The molecule has 28 heavy (non-hydrogen) atoms. The molecule has 0 heterocycles. The predicted octanol–water partition coefficient (Wildman–Crippen LogP) is 3.07. The van der Waals surface area contributed by atoms with E-state index < -0.39 is 5.91 Å². The van der Waals surface area contributed by atoms with Crippen LogP contribution in [0.1, 0.15) is 29.3 Å². The van der Waals surface area contributed by atoms with E-state index in [2.05, 4.69) is 15.6 Å². The molecule has 0 spiro atoms. The summed E-state index contributed by atoms with van der Waals surface area (Å²) in [5, 5.41) is 6.40. The van der Waals surface area contributed by atoms with Crippen LogP contribution in [0.2, 0.25) is 0 Å². The number of nitrogens with two attached hydrogens (primary N) is 1. The molecular formula is C20H26FIN4O2. The van der Waals surface area contributed by atoms with Gasteiger partial charge in [0, 0.05) is 25.2 Å². The van der Waals surface area contributed by atoms with Gasteiger partial charge in [0.05, 0.1) is 6.54 Å². The van der Waals surface area contributed by atoms with Crippen molar-refractivity contribution in [3.05, 3.63) is 65.5 Å². The van der Waals surface area contributed by atoms with Crippen molar-refractivity contribution in [3.8, 4) is 5.75 Å². The molecule has 0 aliphatic heterocycles. The summed E-state index contributed by atoms with van der Waals surface area (Å²) in [7, 11) is 1.68. The summed E-state index contributed by atoms with van der Waals surface area (Å²) in [4.78, 5) is 15.3. The van der Waals surface area contributed by atoms with E-state index in [9.17, 15) is 9.18 Å². The average molecular weight is 500 g/mol. The summed E-state index contributed by atoms with van der Waals surface area (Å²) in [6, 6.07) is 13.2. The number of hydrogen-bond acceptors (Lipinski definition) is 3. The first-order valence-corrected chi connectivity index (χ1v) is 8.77. The summed E-state index contributed by atoms with van der Waals surface area (Å²) in [5.41, 5.74) is 6.70. The Hall–Kier alpha value is -2.36. The molecule has 4 N–H and O–H groups in total. The minimum Gasteiger partial charge on any atom is -0.489 e. The van der Waals surface area contributed by atoms with E-state index in [0.29, 0.717) is 30.4 Å². The third-order valence-electron chi connectivity index (χ3n) is 3.97. The quantitative estimate of drug-likeness (QED) is 0.296. The van der Waals surface area contributed by atoms with Gasteiger partial charge in [0.25, 0.3) is 0 Å². The molecule has 152 valence electrons. The predicted molar refractivity (Wildman–Crippen MR) is 120 cm³/mol. The van der Waals surface area contributed by atoms with Crippen LogP contribution in [-0.2, 0) is 6.54 Å². The number of guanidine groups is 1. The lowest BCUT2D eigenvalue weighted by Crippen LogP contribution is -2.42. The summed E-state index contributed by atoms with van der Waals surface area (Å²) < 4.78 is 19.1. The number of carbonyl (C=O) groups is 1. The zero-order chi connectivity index (χ0) is 19.6. The Morgan fingerprint density at radius 2 is 1.93 bits per heavy atom. The van der Waals surface area contributed by atoms with Crippen molar-refractivity contribution in [2.75, 3.05) is 13.6 Å². The second-order valence-corrected chi connectivity index (χ2v) is 5.97. The minimum atomic E-state index is -0.448. The molecule has 0 aliphatic rings. The maximum atomic E-state index is 13.3. The molecule has 0 bridgehead atoms. The highest BCUT2D eigenvalue weighted by atomic mass is 127. The first-order valence-electron chi connectivity index (χ1n) is 8.77. The monoisotopic (exact) mass is 500 g/mol. The number of rotatable bonds is 8. The third kappa shape index (κ3) is 7.71. The molecule has 2 rings (SSSR count).